The zero-order valence-electron chi connectivity index (χ0n) is 10.6. The van der Waals surface area contributed by atoms with Gasteiger partial charge >= 0.3 is 0 Å². The van der Waals surface area contributed by atoms with E-state index in [0.29, 0.717) is 16.1 Å². The lowest BCUT2D eigenvalue weighted by Gasteiger charge is -2.27. The van der Waals surface area contributed by atoms with Gasteiger partial charge in [0.2, 0.25) is 0 Å². The molecule has 5 nitrogen and oxygen atoms in total. The Kier molecular flexibility index (Phi) is 3.77. The fourth-order valence-corrected chi connectivity index (χ4v) is 2.47. The van der Waals surface area contributed by atoms with E-state index in [-0.39, 0.29) is 24.2 Å². The first-order valence-electron chi connectivity index (χ1n) is 6.10. The molecule has 0 unspecified atom stereocenters. The van der Waals surface area contributed by atoms with Crippen LogP contribution in [0.1, 0.15) is 26.7 Å². The normalized spacial score (nSPS) is 15.8. The molecule has 1 saturated carbocycles. The maximum atomic E-state index is 12.0. The van der Waals surface area contributed by atoms with E-state index in [9.17, 15) is 4.79 Å². The van der Waals surface area contributed by atoms with Crippen molar-refractivity contribution >= 4 is 21.6 Å². The molecule has 1 aliphatic rings. The van der Waals surface area contributed by atoms with Gasteiger partial charge < -0.3 is 10.4 Å². The average Bonchev–Trinajstić information content (AvgIpc) is 3.13. The summed E-state index contributed by atoms with van der Waals surface area (Å²) >= 11 is 3.31. The number of aliphatic hydroxyl groups is 1. The lowest BCUT2D eigenvalue weighted by atomic mass is 9.98. The van der Waals surface area contributed by atoms with Crippen LogP contribution >= 0.6 is 15.9 Å². The molecule has 1 heterocycles. The molecule has 0 radical (unpaired) electrons. The van der Waals surface area contributed by atoms with Gasteiger partial charge in [-0.05, 0) is 48.5 Å². The molecular weight excluding hydrogens is 298 g/mol. The third kappa shape index (κ3) is 2.75. The van der Waals surface area contributed by atoms with Crippen LogP contribution in [0.25, 0.3) is 0 Å². The molecule has 1 aromatic rings. The van der Waals surface area contributed by atoms with Gasteiger partial charge in [-0.1, -0.05) is 0 Å². The van der Waals surface area contributed by atoms with Crippen LogP contribution in [0.3, 0.4) is 0 Å². The number of hydrogen-bond acceptors (Lipinski definition) is 4. The highest BCUT2D eigenvalue weighted by molar-refractivity contribution is 9.10. The number of aromatic nitrogens is 2. The largest absolute Gasteiger partial charge is 0.394 e. The molecule has 18 heavy (non-hydrogen) atoms. The summed E-state index contributed by atoms with van der Waals surface area (Å²) in [6.45, 7) is 4.39. The van der Waals surface area contributed by atoms with Crippen LogP contribution < -0.4 is 10.9 Å². The predicted octanol–water partition coefficient (Wildman–Crippen LogP) is 1.60. The Balaban J connectivity index is 2.24. The summed E-state index contributed by atoms with van der Waals surface area (Å²) < 4.78 is 1.72. The highest BCUT2D eigenvalue weighted by Gasteiger charge is 2.38. The molecule has 0 atom stereocenters. The van der Waals surface area contributed by atoms with Crippen molar-refractivity contribution in [3.63, 3.8) is 0 Å². The van der Waals surface area contributed by atoms with E-state index in [4.69, 9.17) is 5.11 Å². The lowest BCUT2D eigenvalue weighted by Crippen LogP contribution is -2.35. The molecule has 1 aromatic heterocycles. The SMILES string of the molecule is CC(C)(Nc1cnn(CCO)c(=O)c1Br)C1CC1. The van der Waals surface area contributed by atoms with Crippen molar-refractivity contribution in [2.75, 3.05) is 11.9 Å². The highest BCUT2D eigenvalue weighted by atomic mass is 79.9. The second kappa shape index (κ2) is 5.01. The van der Waals surface area contributed by atoms with E-state index in [1.165, 1.54) is 17.5 Å². The number of nitrogens with zero attached hydrogens (tertiary/aromatic N) is 2. The summed E-state index contributed by atoms with van der Waals surface area (Å²) in [6.07, 6.45) is 4.09. The molecule has 100 valence electrons. The fraction of sp³-hybridized carbons (Fsp3) is 0.667. The van der Waals surface area contributed by atoms with Crippen LogP contribution in [0.15, 0.2) is 15.5 Å². The minimum atomic E-state index is -0.222. The summed E-state index contributed by atoms with van der Waals surface area (Å²) in [7, 11) is 0. The lowest BCUT2D eigenvalue weighted by molar-refractivity contribution is 0.266. The van der Waals surface area contributed by atoms with Gasteiger partial charge in [0.15, 0.2) is 0 Å². The Hall–Kier alpha value is -0.880. The van der Waals surface area contributed by atoms with Gasteiger partial charge in [-0.25, -0.2) is 4.68 Å². The zero-order chi connectivity index (χ0) is 13.3. The van der Waals surface area contributed by atoms with Crippen molar-refractivity contribution in [2.24, 2.45) is 5.92 Å². The summed E-state index contributed by atoms with van der Waals surface area (Å²) in [5.41, 5.74) is 0.464. The second-order valence-electron chi connectivity index (χ2n) is 5.25. The van der Waals surface area contributed by atoms with E-state index < -0.39 is 0 Å². The fourth-order valence-electron chi connectivity index (χ4n) is 2.06. The first-order chi connectivity index (χ1) is 8.45. The monoisotopic (exact) mass is 315 g/mol. The number of anilines is 1. The van der Waals surface area contributed by atoms with Gasteiger partial charge in [0, 0.05) is 5.54 Å². The Morgan fingerprint density at radius 3 is 2.83 bits per heavy atom. The third-order valence-electron chi connectivity index (χ3n) is 3.35. The maximum Gasteiger partial charge on any atom is 0.283 e. The minimum absolute atomic E-state index is 0.0280. The maximum absolute atomic E-state index is 12.0. The predicted molar refractivity (Wildman–Crippen MR) is 73.7 cm³/mol. The minimum Gasteiger partial charge on any atom is -0.394 e. The number of nitrogens with one attached hydrogen (secondary N) is 1. The van der Waals surface area contributed by atoms with E-state index in [0.717, 1.165) is 0 Å². The number of rotatable bonds is 5. The first-order valence-corrected chi connectivity index (χ1v) is 6.89. The van der Waals surface area contributed by atoms with Crippen molar-refractivity contribution < 1.29 is 5.11 Å². The van der Waals surface area contributed by atoms with Crippen molar-refractivity contribution in [1.82, 2.24) is 9.78 Å². The van der Waals surface area contributed by atoms with Gasteiger partial charge in [-0.2, -0.15) is 5.10 Å². The van der Waals surface area contributed by atoms with Crippen LogP contribution in [0, 0.1) is 5.92 Å². The molecule has 0 amide bonds. The van der Waals surface area contributed by atoms with Crippen LogP contribution in [0.4, 0.5) is 5.69 Å². The summed E-state index contributed by atoms with van der Waals surface area (Å²) in [5.74, 6) is 0.657. The van der Waals surface area contributed by atoms with Crippen molar-refractivity contribution in [1.29, 1.82) is 0 Å². The Morgan fingerprint density at radius 1 is 1.61 bits per heavy atom. The third-order valence-corrected chi connectivity index (χ3v) is 4.12. The summed E-state index contributed by atoms with van der Waals surface area (Å²) in [6, 6.07) is 0. The quantitative estimate of drug-likeness (QED) is 0.866. The Morgan fingerprint density at radius 2 is 2.28 bits per heavy atom. The van der Waals surface area contributed by atoms with Crippen LogP contribution in [0.2, 0.25) is 0 Å². The molecule has 0 saturated heterocycles. The van der Waals surface area contributed by atoms with E-state index >= 15 is 0 Å². The molecule has 0 aliphatic heterocycles. The molecule has 0 aromatic carbocycles. The molecular formula is C12H18BrN3O2. The van der Waals surface area contributed by atoms with Gasteiger partial charge in [-0.3, -0.25) is 4.79 Å². The van der Waals surface area contributed by atoms with Gasteiger partial charge in [-0.15, -0.1) is 0 Å². The molecule has 6 heteroatoms. The second-order valence-corrected chi connectivity index (χ2v) is 6.04. The summed E-state index contributed by atoms with van der Waals surface area (Å²) in [4.78, 5) is 12.0. The average molecular weight is 316 g/mol. The number of halogens is 1. The van der Waals surface area contributed by atoms with Gasteiger partial charge in [0.1, 0.15) is 4.47 Å². The van der Waals surface area contributed by atoms with Gasteiger partial charge in [0.05, 0.1) is 25.0 Å². The van der Waals surface area contributed by atoms with E-state index in [1.54, 1.807) is 6.20 Å². The Bertz CT molecular complexity index is 495. The summed E-state index contributed by atoms with van der Waals surface area (Å²) in [5, 5.41) is 16.3. The van der Waals surface area contributed by atoms with Crippen LogP contribution in [-0.4, -0.2) is 27.0 Å². The standard InChI is InChI=1S/C12H18BrN3O2/c1-12(2,8-3-4-8)15-9-7-14-16(5-6-17)11(18)10(9)13/h7-8,15,17H,3-6H2,1-2H3. The Labute approximate surface area is 114 Å². The van der Waals surface area contributed by atoms with Crippen LogP contribution in [-0.2, 0) is 6.54 Å². The van der Waals surface area contributed by atoms with Gasteiger partial charge in [0.25, 0.3) is 5.56 Å². The molecule has 1 fully saturated rings. The molecule has 1 aliphatic carbocycles. The molecule has 0 bridgehead atoms. The van der Waals surface area contributed by atoms with Crippen molar-refractivity contribution in [3.8, 4) is 0 Å². The van der Waals surface area contributed by atoms with Crippen molar-refractivity contribution in [3.05, 3.63) is 21.0 Å². The first kappa shape index (κ1) is 13.5. The molecule has 0 spiro atoms. The van der Waals surface area contributed by atoms with Crippen LogP contribution in [0.5, 0.6) is 0 Å². The molecule has 2 N–H and O–H groups in total. The number of aliphatic hydroxyl groups excluding tert-OH is 1. The van der Waals surface area contributed by atoms with E-state index in [2.05, 4.69) is 40.2 Å². The topological polar surface area (TPSA) is 67.2 Å². The highest BCUT2D eigenvalue weighted by Crippen LogP contribution is 2.41. The molecule has 2 rings (SSSR count). The smallest absolute Gasteiger partial charge is 0.283 e. The zero-order valence-corrected chi connectivity index (χ0v) is 12.2. The van der Waals surface area contributed by atoms with Crippen molar-refractivity contribution in [2.45, 2.75) is 38.8 Å². The van der Waals surface area contributed by atoms with E-state index in [1.807, 2.05) is 0 Å². The number of hydrogen-bond donors (Lipinski definition) is 2.